The van der Waals surface area contributed by atoms with Crippen LogP contribution in [0.4, 0.5) is 4.39 Å². The van der Waals surface area contributed by atoms with Crippen molar-refractivity contribution in [1.82, 2.24) is 19.7 Å². The molecule has 170 valence electrons. The van der Waals surface area contributed by atoms with E-state index >= 15 is 0 Å². The Kier molecular flexibility index (Phi) is 6.92. The van der Waals surface area contributed by atoms with E-state index in [1.54, 1.807) is 24.3 Å². The summed E-state index contributed by atoms with van der Waals surface area (Å²) in [7, 11) is 0. The van der Waals surface area contributed by atoms with E-state index in [0.717, 1.165) is 18.5 Å². The maximum absolute atomic E-state index is 12.8. The third-order valence-corrected chi connectivity index (χ3v) is 5.21. The van der Waals surface area contributed by atoms with E-state index in [1.807, 2.05) is 24.3 Å². The monoisotopic (exact) mass is 449 g/mol. The lowest BCUT2D eigenvalue weighted by atomic mass is 10.1. The van der Waals surface area contributed by atoms with Crippen molar-refractivity contribution in [3.05, 3.63) is 87.1 Å². The third kappa shape index (κ3) is 5.16. The molecule has 2 aromatic heterocycles. The van der Waals surface area contributed by atoms with Crippen molar-refractivity contribution in [2.24, 2.45) is 5.73 Å². The number of rotatable bonds is 9. The van der Waals surface area contributed by atoms with Crippen LogP contribution >= 0.6 is 0 Å². The van der Waals surface area contributed by atoms with Crippen molar-refractivity contribution in [2.45, 2.75) is 13.0 Å². The van der Waals surface area contributed by atoms with Gasteiger partial charge in [-0.15, -0.1) is 0 Å². The standard InChI is InChI=1S/C24H24FN5O3/c25-15-33-19-8-6-18(7-9-19)21-12-22(31)30-14-20(23(32)29-24(30)28-21)17-4-2-16(3-5-17)13-27-11-1-10-26/h2-9,12,14,27H,1,10-11,13,15,26H2,(H,28,29,32). The lowest BCUT2D eigenvalue weighted by Crippen LogP contribution is -2.21. The minimum atomic E-state index is -0.921. The highest BCUT2D eigenvalue weighted by atomic mass is 19.1. The van der Waals surface area contributed by atoms with E-state index in [0.29, 0.717) is 41.2 Å². The topological polar surface area (TPSA) is 115 Å². The number of hydrogen-bond donors (Lipinski definition) is 3. The van der Waals surface area contributed by atoms with E-state index < -0.39 is 12.4 Å². The molecule has 0 unspecified atom stereocenters. The number of aromatic nitrogens is 3. The predicted molar refractivity (Wildman–Crippen MR) is 125 cm³/mol. The van der Waals surface area contributed by atoms with Gasteiger partial charge in [-0.2, -0.15) is 4.98 Å². The first kappa shape index (κ1) is 22.4. The van der Waals surface area contributed by atoms with Gasteiger partial charge in [0.2, 0.25) is 12.6 Å². The molecule has 8 nitrogen and oxygen atoms in total. The summed E-state index contributed by atoms with van der Waals surface area (Å²) in [6, 6.07) is 15.5. The quantitative estimate of drug-likeness (QED) is 0.338. The number of benzene rings is 2. The van der Waals surface area contributed by atoms with Crippen molar-refractivity contribution in [3.63, 3.8) is 0 Å². The lowest BCUT2D eigenvalue weighted by Gasteiger charge is -2.09. The second-order valence-electron chi connectivity index (χ2n) is 7.47. The molecule has 0 amide bonds. The van der Waals surface area contributed by atoms with Gasteiger partial charge in [-0.25, -0.2) is 4.39 Å². The first-order chi connectivity index (χ1) is 16.1. The smallest absolute Gasteiger partial charge is 0.282 e. The predicted octanol–water partition coefficient (Wildman–Crippen LogP) is 2.46. The second kappa shape index (κ2) is 10.2. The van der Waals surface area contributed by atoms with Gasteiger partial charge in [-0.1, -0.05) is 24.3 Å². The largest absolute Gasteiger partial charge is 0.463 e. The fourth-order valence-electron chi connectivity index (χ4n) is 3.47. The molecular formula is C24H24FN5O3. The number of H-pyrrole nitrogens is 1. The molecule has 2 heterocycles. The van der Waals surface area contributed by atoms with E-state index in [-0.39, 0.29) is 11.3 Å². The molecule has 4 rings (SSSR count). The average Bonchev–Trinajstić information content (AvgIpc) is 2.82. The van der Waals surface area contributed by atoms with Crippen LogP contribution in [0.2, 0.25) is 0 Å². The molecule has 0 radical (unpaired) electrons. The van der Waals surface area contributed by atoms with Gasteiger partial charge in [0.1, 0.15) is 5.75 Å². The van der Waals surface area contributed by atoms with Gasteiger partial charge in [-0.05, 0) is 60.5 Å². The second-order valence-corrected chi connectivity index (χ2v) is 7.47. The van der Waals surface area contributed by atoms with Gasteiger partial charge in [0.05, 0.1) is 11.3 Å². The summed E-state index contributed by atoms with van der Waals surface area (Å²) < 4.78 is 18.4. The van der Waals surface area contributed by atoms with Crippen LogP contribution in [0.5, 0.6) is 5.75 Å². The summed E-state index contributed by atoms with van der Waals surface area (Å²) in [6.45, 7) is 1.27. The molecule has 0 fully saturated rings. The first-order valence-corrected chi connectivity index (χ1v) is 10.5. The summed E-state index contributed by atoms with van der Waals surface area (Å²) in [6.07, 6.45) is 2.41. The molecule has 0 saturated carbocycles. The number of hydrogen-bond acceptors (Lipinski definition) is 6. The zero-order valence-corrected chi connectivity index (χ0v) is 17.9. The molecule has 33 heavy (non-hydrogen) atoms. The highest BCUT2D eigenvalue weighted by Gasteiger charge is 2.11. The molecule has 0 bridgehead atoms. The molecule has 4 N–H and O–H groups in total. The van der Waals surface area contributed by atoms with E-state index in [1.165, 1.54) is 16.7 Å². The normalized spacial score (nSPS) is 11.1. The maximum atomic E-state index is 12.8. The summed E-state index contributed by atoms with van der Waals surface area (Å²) in [4.78, 5) is 32.6. The van der Waals surface area contributed by atoms with Crippen LogP contribution in [0.15, 0.2) is 70.4 Å². The zero-order chi connectivity index (χ0) is 23.2. The molecular weight excluding hydrogens is 425 g/mol. The Hall–Kier alpha value is -3.82. The molecule has 0 aliphatic heterocycles. The number of nitrogens with one attached hydrogen (secondary N) is 2. The first-order valence-electron chi connectivity index (χ1n) is 10.5. The summed E-state index contributed by atoms with van der Waals surface area (Å²) >= 11 is 0. The SMILES string of the molecule is NCCCNCc1ccc(-c2cn3c(=O)cc(-c4ccc(OCF)cc4)[nH]c3nc2=O)cc1. The Morgan fingerprint density at radius 2 is 1.79 bits per heavy atom. The maximum Gasteiger partial charge on any atom is 0.282 e. The average molecular weight is 449 g/mol. The highest BCUT2D eigenvalue weighted by Crippen LogP contribution is 2.21. The van der Waals surface area contributed by atoms with E-state index in [9.17, 15) is 14.0 Å². The Bertz CT molecular complexity index is 1350. The minimum Gasteiger partial charge on any atom is -0.463 e. The molecule has 2 aromatic carbocycles. The van der Waals surface area contributed by atoms with Crippen LogP contribution in [0.25, 0.3) is 28.2 Å². The fourth-order valence-corrected chi connectivity index (χ4v) is 3.47. The number of alkyl halides is 1. The third-order valence-electron chi connectivity index (χ3n) is 5.21. The van der Waals surface area contributed by atoms with Crippen molar-refractivity contribution in [3.8, 4) is 28.1 Å². The number of fused-ring (bicyclic) bond motifs is 1. The van der Waals surface area contributed by atoms with E-state index in [2.05, 4.69) is 15.3 Å². The van der Waals surface area contributed by atoms with Gasteiger partial charge >= 0.3 is 0 Å². The van der Waals surface area contributed by atoms with Gasteiger partial charge < -0.3 is 20.8 Å². The Balaban J connectivity index is 1.62. The van der Waals surface area contributed by atoms with Gasteiger partial charge in [-0.3, -0.25) is 14.0 Å². The highest BCUT2D eigenvalue weighted by molar-refractivity contribution is 5.65. The number of aromatic amines is 1. The van der Waals surface area contributed by atoms with Crippen molar-refractivity contribution >= 4 is 5.78 Å². The Labute approximate surface area is 188 Å². The number of halogens is 1. The van der Waals surface area contributed by atoms with Crippen LogP contribution in [0.3, 0.4) is 0 Å². The van der Waals surface area contributed by atoms with Crippen LogP contribution in [-0.4, -0.2) is 34.3 Å². The summed E-state index contributed by atoms with van der Waals surface area (Å²) in [5.41, 5.74) is 7.97. The van der Waals surface area contributed by atoms with E-state index in [4.69, 9.17) is 10.5 Å². The lowest BCUT2D eigenvalue weighted by molar-refractivity contribution is 0.192. The van der Waals surface area contributed by atoms with Crippen LogP contribution in [0.1, 0.15) is 12.0 Å². The van der Waals surface area contributed by atoms with Crippen LogP contribution in [-0.2, 0) is 6.54 Å². The number of nitrogens with zero attached hydrogens (tertiary/aromatic N) is 2. The van der Waals surface area contributed by atoms with Crippen molar-refractivity contribution in [1.29, 1.82) is 0 Å². The molecule has 0 aliphatic rings. The van der Waals surface area contributed by atoms with Gasteiger partial charge in [0.15, 0.2) is 0 Å². The van der Waals surface area contributed by atoms with Gasteiger partial charge in [0, 0.05) is 18.8 Å². The molecule has 0 spiro atoms. The van der Waals surface area contributed by atoms with Crippen LogP contribution < -0.4 is 26.9 Å². The Morgan fingerprint density at radius 3 is 2.48 bits per heavy atom. The summed E-state index contributed by atoms with van der Waals surface area (Å²) in [5, 5.41) is 3.31. The molecule has 4 aromatic rings. The molecule has 0 atom stereocenters. The molecule has 0 saturated heterocycles. The van der Waals surface area contributed by atoms with Crippen molar-refractivity contribution < 1.29 is 9.13 Å². The zero-order valence-electron chi connectivity index (χ0n) is 17.9. The summed E-state index contributed by atoms with van der Waals surface area (Å²) in [5.74, 6) is 0.511. The van der Waals surface area contributed by atoms with Gasteiger partial charge in [0.25, 0.3) is 11.1 Å². The fraction of sp³-hybridized carbons (Fsp3) is 0.208. The molecule has 0 aliphatic carbocycles. The Morgan fingerprint density at radius 1 is 1.06 bits per heavy atom. The van der Waals surface area contributed by atoms with Crippen LogP contribution in [0, 0.1) is 0 Å². The minimum absolute atomic E-state index is 0.135. The number of ether oxygens (including phenoxy) is 1. The van der Waals surface area contributed by atoms with Crippen molar-refractivity contribution in [2.75, 3.05) is 20.0 Å². The number of nitrogens with two attached hydrogens (primary N) is 1. The molecule has 9 heteroatoms.